The molecule has 0 spiro atoms. The molecule has 1 aromatic rings. The van der Waals surface area contributed by atoms with Crippen molar-refractivity contribution in [3.8, 4) is 0 Å². The largest absolute Gasteiger partial charge is 0.444 e. The fraction of sp³-hybridized carbons (Fsp3) is 0.762. The Bertz CT molecular complexity index is 630. The molecule has 1 saturated heterocycles. The number of piperidine rings is 1. The summed E-state index contributed by atoms with van der Waals surface area (Å²) in [5.41, 5.74) is -0.455. The molecule has 0 radical (unpaired) electrons. The Morgan fingerprint density at radius 3 is 2.62 bits per heavy atom. The maximum absolute atomic E-state index is 12.4. The average Bonchev–Trinajstić information content (AvgIpc) is 3.19. The summed E-state index contributed by atoms with van der Waals surface area (Å²) in [4.78, 5) is 21.0. The predicted molar refractivity (Wildman–Crippen MR) is 116 cm³/mol. The number of carbonyl (C=O) groups is 1. The first-order chi connectivity index (χ1) is 13.8. The number of hydrogen-bond acceptors (Lipinski definition) is 4. The molecule has 1 aliphatic heterocycles. The molecule has 1 amide bonds. The quantitative estimate of drug-likeness (QED) is 0.428. The van der Waals surface area contributed by atoms with Crippen molar-refractivity contribution in [2.45, 2.75) is 59.1 Å². The number of aryl methyl sites for hydroxylation is 1. The normalized spacial score (nSPS) is 16.0. The summed E-state index contributed by atoms with van der Waals surface area (Å²) in [6.07, 6.45) is 6.67. The number of carbonyl (C=O) groups excluding carboxylic acids is 1. The molecule has 2 rings (SSSR count). The van der Waals surface area contributed by atoms with Crippen LogP contribution in [0.2, 0.25) is 0 Å². The summed E-state index contributed by atoms with van der Waals surface area (Å²) in [6.45, 7) is 12.8. The number of nitrogens with zero attached hydrogens (tertiary/aromatic N) is 5. The highest BCUT2D eigenvalue weighted by molar-refractivity contribution is 5.79. The van der Waals surface area contributed by atoms with Gasteiger partial charge in [0.05, 0.1) is 0 Å². The first kappa shape index (κ1) is 23.0. The lowest BCUT2D eigenvalue weighted by Gasteiger charge is -2.36. The molecule has 0 atom stereocenters. The third-order valence-electron chi connectivity index (χ3n) is 5.04. The first-order valence-electron chi connectivity index (χ1n) is 10.7. The molecular weight excluding hydrogens is 368 g/mol. The zero-order valence-electron chi connectivity index (χ0n) is 18.7. The van der Waals surface area contributed by atoms with Crippen LogP contribution in [0.4, 0.5) is 4.79 Å². The fourth-order valence-electron chi connectivity index (χ4n) is 3.50. The Kier molecular flexibility index (Phi) is 8.79. The third kappa shape index (κ3) is 7.95. The van der Waals surface area contributed by atoms with Gasteiger partial charge in [-0.25, -0.2) is 4.79 Å². The van der Waals surface area contributed by atoms with Crippen molar-refractivity contribution in [2.75, 3.05) is 39.8 Å². The second kappa shape index (κ2) is 11.1. The highest BCUT2D eigenvalue weighted by atomic mass is 16.6. The molecule has 8 heteroatoms. The minimum atomic E-state index is -0.455. The smallest absolute Gasteiger partial charge is 0.410 e. The molecule has 0 bridgehead atoms. The lowest BCUT2D eigenvalue weighted by atomic mass is 9.96. The molecule has 29 heavy (non-hydrogen) atoms. The van der Waals surface area contributed by atoms with Gasteiger partial charge >= 0.3 is 6.09 Å². The Balaban J connectivity index is 1.72. The van der Waals surface area contributed by atoms with Gasteiger partial charge in [-0.3, -0.25) is 9.67 Å². The fourth-order valence-corrected chi connectivity index (χ4v) is 3.50. The number of amides is 1. The van der Waals surface area contributed by atoms with Crippen molar-refractivity contribution in [1.29, 1.82) is 0 Å². The van der Waals surface area contributed by atoms with Crippen molar-refractivity contribution in [3.63, 3.8) is 0 Å². The van der Waals surface area contributed by atoms with Crippen molar-refractivity contribution in [3.05, 3.63) is 18.5 Å². The van der Waals surface area contributed by atoms with Crippen LogP contribution in [0.15, 0.2) is 23.5 Å². The molecule has 1 aromatic heterocycles. The van der Waals surface area contributed by atoms with E-state index in [4.69, 9.17) is 4.74 Å². The molecule has 164 valence electrons. The maximum atomic E-state index is 12.4. The molecular formula is C21H38N6O2. The molecule has 0 unspecified atom stereocenters. The topological polar surface area (TPSA) is 75.0 Å². The van der Waals surface area contributed by atoms with Crippen LogP contribution in [0.3, 0.4) is 0 Å². The van der Waals surface area contributed by atoms with Gasteiger partial charge in [-0.1, -0.05) is 0 Å². The number of guanidine groups is 1. The number of rotatable bonds is 7. The van der Waals surface area contributed by atoms with E-state index in [9.17, 15) is 4.79 Å². The molecule has 1 fully saturated rings. The van der Waals surface area contributed by atoms with Gasteiger partial charge in [-0.2, -0.15) is 5.10 Å². The van der Waals surface area contributed by atoms with Gasteiger partial charge in [0, 0.05) is 58.7 Å². The summed E-state index contributed by atoms with van der Waals surface area (Å²) in [5.74, 6) is 1.46. The van der Waals surface area contributed by atoms with E-state index in [1.54, 1.807) is 6.20 Å². The van der Waals surface area contributed by atoms with Crippen LogP contribution in [-0.2, 0) is 11.3 Å². The number of nitrogens with one attached hydrogen (secondary N) is 1. The van der Waals surface area contributed by atoms with E-state index in [0.29, 0.717) is 12.5 Å². The molecule has 2 heterocycles. The number of likely N-dealkylation sites (tertiary alicyclic amines) is 1. The van der Waals surface area contributed by atoms with E-state index in [-0.39, 0.29) is 6.09 Å². The van der Waals surface area contributed by atoms with Crippen LogP contribution in [0.1, 0.15) is 47.0 Å². The molecule has 1 N–H and O–H groups in total. The van der Waals surface area contributed by atoms with Gasteiger partial charge in [-0.15, -0.1) is 0 Å². The second-order valence-corrected chi connectivity index (χ2v) is 8.55. The van der Waals surface area contributed by atoms with Gasteiger partial charge in [0.15, 0.2) is 5.96 Å². The van der Waals surface area contributed by atoms with Crippen molar-refractivity contribution < 1.29 is 9.53 Å². The van der Waals surface area contributed by atoms with Crippen LogP contribution in [0.5, 0.6) is 0 Å². The van der Waals surface area contributed by atoms with Gasteiger partial charge in [-0.05, 0) is 58.9 Å². The predicted octanol–water partition coefficient (Wildman–Crippen LogP) is 2.82. The van der Waals surface area contributed by atoms with E-state index in [0.717, 1.165) is 57.9 Å². The number of ether oxygens (including phenoxy) is 1. The Labute approximate surface area is 175 Å². The van der Waals surface area contributed by atoms with E-state index < -0.39 is 5.60 Å². The summed E-state index contributed by atoms with van der Waals surface area (Å²) in [7, 11) is 1.84. The third-order valence-corrected chi connectivity index (χ3v) is 5.04. The zero-order valence-corrected chi connectivity index (χ0v) is 18.7. The van der Waals surface area contributed by atoms with E-state index >= 15 is 0 Å². The van der Waals surface area contributed by atoms with Crippen LogP contribution < -0.4 is 5.32 Å². The second-order valence-electron chi connectivity index (χ2n) is 8.55. The Morgan fingerprint density at radius 1 is 1.34 bits per heavy atom. The number of aliphatic imine (C=N–C) groups is 1. The summed E-state index contributed by atoms with van der Waals surface area (Å²) < 4.78 is 7.48. The van der Waals surface area contributed by atoms with Crippen molar-refractivity contribution in [2.24, 2.45) is 10.9 Å². The van der Waals surface area contributed by atoms with E-state index in [1.807, 2.05) is 56.6 Å². The SMILES string of the molecule is CCN(CC1CCN(C(=NC)NCCCn2cccn2)CC1)C(=O)OC(C)(C)C. The van der Waals surface area contributed by atoms with Crippen molar-refractivity contribution >= 4 is 12.1 Å². The highest BCUT2D eigenvalue weighted by Gasteiger charge is 2.27. The summed E-state index contributed by atoms with van der Waals surface area (Å²) in [5, 5.41) is 7.69. The standard InChI is InChI=1S/C21H38N6O2/c1-6-25(20(28)29-21(2,3)4)17-18-9-15-26(16-10-18)19(22-5)23-11-7-13-27-14-8-12-24-27/h8,12,14,18H,6-7,9-11,13,15-17H2,1-5H3,(H,22,23). The van der Waals surface area contributed by atoms with E-state index in [2.05, 4.69) is 20.3 Å². The van der Waals surface area contributed by atoms with E-state index in [1.165, 1.54) is 0 Å². The minimum Gasteiger partial charge on any atom is -0.444 e. The van der Waals surface area contributed by atoms with Crippen LogP contribution >= 0.6 is 0 Å². The van der Waals surface area contributed by atoms with Crippen LogP contribution in [-0.4, -0.2) is 77.0 Å². The lowest BCUT2D eigenvalue weighted by molar-refractivity contribution is 0.0214. The van der Waals surface area contributed by atoms with Crippen molar-refractivity contribution in [1.82, 2.24) is 24.9 Å². The summed E-state index contributed by atoms with van der Waals surface area (Å²) >= 11 is 0. The van der Waals surface area contributed by atoms with Crippen LogP contribution in [0, 0.1) is 5.92 Å². The van der Waals surface area contributed by atoms with Gasteiger partial charge in [0.25, 0.3) is 0 Å². The lowest BCUT2D eigenvalue weighted by Crippen LogP contribution is -2.48. The molecule has 0 aliphatic carbocycles. The highest BCUT2D eigenvalue weighted by Crippen LogP contribution is 2.20. The van der Waals surface area contributed by atoms with Gasteiger partial charge < -0.3 is 19.9 Å². The molecule has 1 aliphatic rings. The molecule has 0 saturated carbocycles. The number of aromatic nitrogens is 2. The summed E-state index contributed by atoms with van der Waals surface area (Å²) in [6, 6.07) is 1.94. The number of hydrogen-bond donors (Lipinski definition) is 1. The first-order valence-corrected chi connectivity index (χ1v) is 10.7. The monoisotopic (exact) mass is 406 g/mol. The molecule has 0 aromatic carbocycles. The Morgan fingerprint density at radius 2 is 2.07 bits per heavy atom. The maximum Gasteiger partial charge on any atom is 0.410 e. The zero-order chi connectivity index (χ0) is 21.3. The van der Waals surface area contributed by atoms with Gasteiger partial charge in [0.2, 0.25) is 0 Å². The Hall–Kier alpha value is -2.25. The van der Waals surface area contributed by atoms with Crippen LogP contribution in [0.25, 0.3) is 0 Å². The minimum absolute atomic E-state index is 0.211. The van der Waals surface area contributed by atoms with Gasteiger partial charge in [0.1, 0.15) is 5.60 Å². The average molecular weight is 407 g/mol. The molecule has 8 nitrogen and oxygen atoms in total.